The van der Waals surface area contributed by atoms with E-state index in [4.69, 9.17) is 20.8 Å². The molecule has 0 fully saturated rings. The van der Waals surface area contributed by atoms with E-state index in [9.17, 15) is 5.11 Å². The van der Waals surface area contributed by atoms with Crippen LogP contribution in [-0.2, 0) is 0 Å². The molecule has 0 radical (unpaired) electrons. The Labute approximate surface area is 195 Å². The van der Waals surface area contributed by atoms with Gasteiger partial charge >= 0.3 is 0 Å². The van der Waals surface area contributed by atoms with Crippen LogP contribution in [0.2, 0.25) is 5.15 Å². The van der Waals surface area contributed by atoms with Crippen molar-refractivity contribution in [3.63, 3.8) is 0 Å². The standard InChI is InChI=1S/C21H28ClN5O3.C2H6/c1-6-13(11-28)7-8-23-20-17(19(22)25-21(26-20)27(3)4)15-9-14-10-16(29-5)24-12(2)18(14)30-15;1-2/h9-10,13,28H,6-8,11H2,1-5H3,(H,23,25,26);1-2H3. The van der Waals surface area contributed by atoms with Crippen molar-refractivity contribution in [1.82, 2.24) is 15.0 Å². The molecule has 0 amide bonds. The molecule has 0 spiro atoms. The molecule has 3 aromatic rings. The van der Waals surface area contributed by atoms with Gasteiger partial charge in [-0.05, 0) is 25.3 Å². The Kier molecular flexibility index (Phi) is 9.53. The van der Waals surface area contributed by atoms with Gasteiger partial charge in [0.05, 0.1) is 18.4 Å². The van der Waals surface area contributed by atoms with Gasteiger partial charge in [0.2, 0.25) is 11.8 Å². The van der Waals surface area contributed by atoms with Crippen LogP contribution in [0.4, 0.5) is 11.8 Å². The Bertz CT molecular complexity index is 1020. The summed E-state index contributed by atoms with van der Waals surface area (Å²) in [6.07, 6.45) is 1.72. The quantitative estimate of drug-likeness (QED) is 0.419. The highest BCUT2D eigenvalue weighted by Gasteiger charge is 2.21. The number of aliphatic hydroxyl groups excluding tert-OH is 1. The first-order chi connectivity index (χ1) is 15.4. The van der Waals surface area contributed by atoms with Crippen molar-refractivity contribution < 1.29 is 14.3 Å². The molecule has 32 heavy (non-hydrogen) atoms. The maximum atomic E-state index is 9.45. The lowest BCUT2D eigenvalue weighted by molar-refractivity contribution is 0.217. The Hall–Kier alpha value is -2.58. The average Bonchev–Trinajstić information content (AvgIpc) is 3.21. The third-order valence-electron chi connectivity index (χ3n) is 5.04. The molecule has 176 valence electrons. The van der Waals surface area contributed by atoms with Crippen LogP contribution >= 0.6 is 11.6 Å². The molecule has 0 aliphatic heterocycles. The van der Waals surface area contributed by atoms with Gasteiger partial charge in [0, 0.05) is 38.7 Å². The number of methoxy groups -OCH3 is 1. The van der Waals surface area contributed by atoms with E-state index in [1.165, 1.54) is 0 Å². The number of aryl methyl sites for hydroxylation is 1. The van der Waals surface area contributed by atoms with E-state index < -0.39 is 0 Å². The van der Waals surface area contributed by atoms with E-state index >= 15 is 0 Å². The van der Waals surface area contributed by atoms with E-state index in [0.29, 0.717) is 46.3 Å². The number of ether oxygens (including phenoxy) is 1. The minimum Gasteiger partial charge on any atom is -0.481 e. The van der Waals surface area contributed by atoms with Crippen molar-refractivity contribution in [2.45, 2.75) is 40.5 Å². The largest absolute Gasteiger partial charge is 0.481 e. The number of hydrogen-bond donors (Lipinski definition) is 2. The zero-order valence-corrected chi connectivity index (χ0v) is 20.7. The predicted octanol–water partition coefficient (Wildman–Crippen LogP) is 5.17. The van der Waals surface area contributed by atoms with Crippen molar-refractivity contribution in [3.8, 4) is 17.2 Å². The summed E-state index contributed by atoms with van der Waals surface area (Å²) < 4.78 is 11.4. The fourth-order valence-electron chi connectivity index (χ4n) is 3.19. The van der Waals surface area contributed by atoms with Crippen LogP contribution in [0.25, 0.3) is 22.3 Å². The summed E-state index contributed by atoms with van der Waals surface area (Å²) in [6, 6.07) is 3.71. The number of pyridine rings is 1. The van der Waals surface area contributed by atoms with Gasteiger partial charge in [-0.25, -0.2) is 9.97 Å². The van der Waals surface area contributed by atoms with E-state index in [-0.39, 0.29) is 12.5 Å². The first kappa shape index (κ1) is 25.7. The number of furan rings is 1. The maximum Gasteiger partial charge on any atom is 0.228 e. The summed E-state index contributed by atoms with van der Waals surface area (Å²) in [4.78, 5) is 15.2. The fourth-order valence-corrected chi connectivity index (χ4v) is 3.45. The highest BCUT2D eigenvalue weighted by atomic mass is 35.5. The SMILES string of the molecule is CC.CCC(CO)CCNc1nc(N(C)C)nc(Cl)c1-c1cc2cc(OC)nc(C)c2o1. The molecule has 0 saturated carbocycles. The molecule has 0 aliphatic carbocycles. The van der Waals surface area contributed by atoms with Gasteiger partial charge in [-0.1, -0.05) is 38.8 Å². The lowest BCUT2D eigenvalue weighted by Crippen LogP contribution is -2.17. The molecule has 0 saturated heterocycles. The van der Waals surface area contributed by atoms with Crippen LogP contribution in [0.3, 0.4) is 0 Å². The Morgan fingerprint density at radius 1 is 1.22 bits per heavy atom. The molecular formula is C23H34ClN5O3. The van der Waals surface area contributed by atoms with E-state index in [2.05, 4.69) is 27.2 Å². The van der Waals surface area contributed by atoms with Crippen molar-refractivity contribution in [3.05, 3.63) is 23.0 Å². The fraction of sp³-hybridized carbons (Fsp3) is 0.522. The smallest absolute Gasteiger partial charge is 0.228 e. The lowest BCUT2D eigenvalue weighted by atomic mass is 10.0. The van der Waals surface area contributed by atoms with Crippen molar-refractivity contribution in [1.29, 1.82) is 0 Å². The van der Waals surface area contributed by atoms with Crippen molar-refractivity contribution >= 4 is 34.3 Å². The van der Waals surface area contributed by atoms with Crippen LogP contribution in [0, 0.1) is 12.8 Å². The second-order valence-corrected chi connectivity index (χ2v) is 7.74. The normalized spacial score (nSPS) is 11.7. The van der Waals surface area contributed by atoms with Gasteiger partial charge in [-0.2, -0.15) is 4.98 Å². The Balaban J connectivity index is 0.00000176. The maximum absolute atomic E-state index is 9.45. The highest BCUT2D eigenvalue weighted by Crippen LogP contribution is 2.38. The topological polar surface area (TPSA) is 96.5 Å². The highest BCUT2D eigenvalue weighted by molar-refractivity contribution is 6.32. The minimum absolute atomic E-state index is 0.163. The van der Waals surface area contributed by atoms with Crippen LogP contribution in [0.5, 0.6) is 5.88 Å². The number of nitrogens with one attached hydrogen (secondary N) is 1. The number of aliphatic hydroxyl groups is 1. The Morgan fingerprint density at radius 3 is 2.53 bits per heavy atom. The van der Waals surface area contributed by atoms with Crippen molar-refractivity contribution in [2.24, 2.45) is 5.92 Å². The number of anilines is 2. The molecule has 8 nitrogen and oxygen atoms in total. The molecule has 2 N–H and O–H groups in total. The van der Waals surface area contributed by atoms with Gasteiger partial charge in [0.25, 0.3) is 0 Å². The van der Waals surface area contributed by atoms with Gasteiger partial charge in [-0.3, -0.25) is 0 Å². The number of halogens is 1. The first-order valence-electron chi connectivity index (χ1n) is 10.9. The summed E-state index contributed by atoms with van der Waals surface area (Å²) in [5, 5.41) is 14.0. The van der Waals surface area contributed by atoms with E-state index in [1.54, 1.807) is 12.0 Å². The Morgan fingerprint density at radius 2 is 1.94 bits per heavy atom. The first-order valence-corrected chi connectivity index (χ1v) is 11.3. The van der Waals surface area contributed by atoms with Crippen molar-refractivity contribution in [2.75, 3.05) is 44.6 Å². The molecule has 1 unspecified atom stereocenters. The van der Waals surface area contributed by atoms with Crippen LogP contribution in [-0.4, -0.2) is 54.4 Å². The third-order valence-corrected chi connectivity index (χ3v) is 5.31. The summed E-state index contributed by atoms with van der Waals surface area (Å²) in [6.45, 7) is 8.73. The van der Waals surface area contributed by atoms with Crippen LogP contribution < -0.4 is 15.0 Å². The zero-order valence-electron chi connectivity index (χ0n) is 20.0. The van der Waals surface area contributed by atoms with Gasteiger partial charge in [0.15, 0.2) is 5.58 Å². The number of rotatable bonds is 9. The molecule has 1 atom stereocenters. The second kappa shape index (κ2) is 11.9. The zero-order chi connectivity index (χ0) is 23.8. The van der Waals surface area contributed by atoms with E-state index in [1.807, 2.05) is 47.0 Å². The number of fused-ring (bicyclic) bond motifs is 1. The summed E-state index contributed by atoms with van der Waals surface area (Å²) in [5.41, 5.74) is 1.98. The molecule has 3 heterocycles. The van der Waals surface area contributed by atoms with Gasteiger partial charge < -0.3 is 24.5 Å². The number of nitrogens with zero attached hydrogens (tertiary/aromatic N) is 4. The molecule has 0 bridgehead atoms. The van der Waals surface area contributed by atoms with Crippen LogP contribution in [0.1, 0.15) is 39.3 Å². The van der Waals surface area contributed by atoms with E-state index in [0.717, 1.165) is 23.9 Å². The monoisotopic (exact) mass is 463 g/mol. The summed E-state index contributed by atoms with van der Waals surface area (Å²) >= 11 is 6.58. The average molecular weight is 464 g/mol. The summed E-state index contributed by atoms with van der Waals surface area (Å²) in [5.74, 6) is 2.39. The third kappa shape index (κ3) is 5.81. The molecule has 9 heteroatoms. The molecule has 0 aliphatic rings. The second-order valence-electron chi connectivity index (χ2n) is 7.38. The number of aromatic nitrogens is 3. The minimum atomic E-state index is 0.163. The van der Waals surface area contributed by atoms with Gasteiger partial charge in [-0.15, -0.1) is 0 Å². The van der Waals surface area contributed by atoms with Gasteiger partial charge in [0.1, 0.15) is 16.7 Å². The molecular weight excluding hydrogens is 430 g/mol. The molecule has 3 aromatic heterocycles. The number of hydrogen-bond acceptors (Lipinski definition) is 8. The van der Waals surface area contributed by atoms with Crippen LogP contribution in [0.15, 0.2) is 16.5 Å². The summed E-state index contributed by atoms with van der Waals surface area (Å²) in [7, 11) is 5.30. The lowest BCUT2D eigenvalue weighted by Gasteiger charge is -2.17. The predicted molar refractivity (Wildman–Crippen MR) is 131 cm³/mol. The molecule has 0 aromatic carbocycles. The molecule has 3 rings (SSSR count).